The highest BCUT2D eigenvalue weighted by molar-refractivity contribution is 5.74. The minimum absolute atomic E-state index is 0.0798. The standard InChI is InChI=1S/C15H21FN2O/c1-10(19)18-8-14(9-18)17-13-6-11(15(2,3)4)5-12(16)7-13/h5-7,14,17H,8-9H2,1-4H3. The normalized spacial score (nSPS) is 16.2. The van der Waals surface area contributed by atoms with Crippen molar-refractivity contribution in [3.63, 3.8) is 0 Å². The molecule has 0 radical (unpaired) electrons. The van der Waals surface area contributed by atoms with Gasteiger partial charge in [-0.2, -0.15) is 0 Å². The van der Waals surface area contributed by atoms with E-state index in [4.69, 9.17) is 0 Å². The molecule has 0 aromatic heterocycles. The van der Waals surface area contributed by atoms with Gasteiger partial charge in [0.15, 0.2) is 0 Å². The molecule has 0 aliphatic carbocycles. The van der Waals surface area contributed by atoms with Crippen LogP contribution in [0.5, 0.6) is 0 Å². The molecule has 104 valence electrons. The lowest BCUT2D eigenvalue weighted by Crippen LogP contribution is -2.56. The average molecular weight is 264 g/mol. The third-order valence-electron chi connectivity index (χ3n) is 3.46. The van der Waals surface area contributed by atoms with Crippen molar-refractivity contribution >= 4 is 11.6 Å². The van der Waals surface area contributed by atoms with Gasteiger partial charge < -0.3 is 10.2 Å². The van der Waals surface area contributed by atoms with E-state index in [0.29, 0.717) is 13.1 Å². The number of nitrogens with zero attached hydrogens (tertiary/aromatic N) is 1. The van der Waals surface area contributed by atoms with Crippen LogP contribution in [0.4, 0.5) is 10.1 Å². The summed E-state index contributed by atoms with van der Waals surface area (Å²) in [6.07, 6.45) is 0. The Balaban J connectivity index is 2.06. The van der Waals surface area contributed by atoms with Crippen LogP contribution in [0.15, 0.2) is 18.2 Å². The van der Waals surface area contributed by atoms with E-state index in [0.717, 1.165) is 11.3 Å². The fraction of sp³-hybridized carbons (Fsp3) is 0.533. The Hall–Kier alpha value is -1.58. The number of benzene rings is 1. The van der Waals surface area contributed by atoms with Gasteiger partial charge in [0.05, 0.1) is 6.04 Å². The zero-order valence-corrected chi connectivity index (χ0v) is 12.0. The van der Waals surface area contributed by atoms with Crippen molar-refractivity contribution in [2.45, 2.75) is 39.2 Å². The van der Waals surface area contributed by atoms with Gasteiger partial charge in [-0.1, -0.05) is 20.8 Å². The Bertz CT molecular complexity index is 487. The van der Waals surface area contributed by atoms with Crippen LogP contribution in [0.3, 0.4) is 0 Å². The van der Waals surface area contributed by atoms with Crippen LogP contribution in [0.25, 0.3) is 0 Å². The van der Waals surface area contributed by atoms with Gasteiger partial charge in [-0.15, -0.1) is 0 Å². The summed E-state index contributed by atoms with van der Waals surface area (Å²) >= 11 is 0. The number of rotatable bonds is 2. The van der Waals surface area contributed by atoms with Crippen molar-refractivity contribution in [2.75, 3.05) is 18.4 Å². The molecule has 1 amide bonds. The van der Waals surface area contributed by atoms with Crippen LogP contribution in [-0.2, 0) is 10.2 Å². The number of hydrogen-bond donors (Lipinski definition) is 1. The fourth-order valence-electron chi connectivity index (χ4n) is 2.17. The zero-order chi connectivity index (χ0) is 14.2. The molecule has 1 heterocycles. The number of amides is 1. The molecule has 2 rings (SSSR count). The highest BCUT2D eigenvalue weighted by Gasteiger charge is 2.28. The lowest BCUT2D eigenvalue weighted by Gasteiger charge is -2.39. The van der Waals surface area contributed by atoms with Crippen molar-refractivity contribution in [3.8, 4) is 0 Å². The molecular weight excluding hydrogens is 243 g/mol. The first-order valence-corrected chi connectivity index (χ1v) is 6.59. The van der Waals surface area contributed by atoms with E-state index in [2.05, 4.69) is 26.1 Å². The topological polar surface area (TPSA) is 32.3 Å². The van der Waals surface area contributed by atoms with Crippen molar-refractivity contribution in [3.05, 3.63) is 29.6 Å². The molecular formula is C15H21FN2O. The smallest absolute Gasteiger partial charge is 0.219 e. The molecule has 1 fully saturated rings. The summed E-state index contributed by atoms with van der Waals surface area (Å²) < 4.78 is 13.6. The van der Waals surface area contributed by atoms with Gasteiger partial charge in [0.25, 0.3) is 0 Å². The third-order valence-corrected chi connectivity index (χ3v) is 3.46. The second kappa shape index (κ2) is 4.83. The van der Waals surface area contributed by atoms with Gasteiger partial charge in [-0.3, -0.25) is 4.79 Å². The van der Waals surface area contributed by atoms with Crippen LogP contribution in [0.2, 0.25) is 0 Å². The van der Waals surface area contributed by atoms with Crippen molar-refractivity contribution in [2.24, 2.45) is 0 Å². The number of carbonyl (C=O) groups excluding carboxylic acids is 1. The Kier molecular flexibility index (Phi) is 3.52. The van der Waals surface area contributed by atoms with Crippen LogP contribution in [0.1, 0.15) is 33.3 Å². The van der Waals surface area contributed by atoms with Crippen LogP contribution in [-0.4, -0.2) is 29.9 Å². The lowest BCUT2D eigenvalue weighted by atomic mass is 9.86. The molecule has 0 atom stereocenters. The number of carbonyl (C=O) groups is 1. The average Bonchev–Trinajstić information content (AvgIpc) is 2.20. The third kappa shape index (κ3) is 3.25. The number of nitrogens with one attached hydrogen (secondary N) is 1. The maximum atomic E-state index is 13.6. The minimum atomic E-state index is -0.224. The largest absolute Gasteiger partial charge is 0.379 e. The summed E-state index contributed by atoms with van der Waals surface area (Å²) in [5, 5.41) is 3.28. The lowest BCUT2D eigenvalue weighted by molar-refractivity contribution is -0.132. The number of hydrogen-bond acceptors (Lipinski definition) is 2. The summed E-state index contributed by atoms with van der Waals surface area (Å²) in [6, 6.07) is 5.29. The van der Waals surface area contributed by atoms with Crippen LogP contribution < -0.4 is 5.32 Å². The highest BCUT2D eigenvalue weighted by Crippen LogP contribution is 2.27. The second-order valence-electron chi connectivity index (χ2n) is 6.24. The molecule has 0 unspecified atom stereocenters. The summed E-state index contributed by atoms with van der Waals surface area (Å²) in [5.41, 5.74) is 1.68. The van der Waals surface area contributed by atoms with Crippen molar-refractivity contribution in [1.29, 1.82) is 0 Å². The minimum Gasteiger partial charge on any atom is -0.379 e. The molecule has 19 heavy (non-hydrogen) atoms. The van der Waals surface area contributed by atoms with E-state index < -0.39 is 0 Å². The molecule has 0 spiro atoms. The molecule has 1 aliphatic heterocycles. The van der Waals surface area contributed by atoms with Crippen LogP contribution >= 0.6 is 0 Å². The maximum absolute atomic E-state index is 13.6. The van der Waals surface area contributed by atoms with Gasteiger partial charge in [-0.25, -0.2) is 4.39 Å². The summed E-state index contributed by atoms with van der Waals surface area (Å²) in [6.45, 7) is 9.13. The SMILES string of the molecule is CC(=O)N1CC(Nc2cc(F)cc(C(C)(C)C)c2)C1. The molecule has 4 heteroatoms. The van der Waals surface area contributed by atoms with E-state index >= 15 is 0 Å². The first kappa shape index (κ1) is 13.8. The Morgan fingerprint density at radius 3 is 2.47 bits per heavy atom. The van der Waals surface area contributed by atoms with Gasteiger partial charge in [0.1, 0.15) is 5.82 Å². The van der Waals surface area contributed by atoms with Crippen molar-refractivity contribution < 1.29 is 9.18 Å². The fourth-order valence-corrected chi connectivity index (χ4v) is 2.17. The highest BCUT2D eigenvalue weighted by atomic mass is 19.1. The monoisotopic (exact) mass is 264 g/mol. The predicted molar refractivity (Wildman–Crippen MR) is 74.8 cm³/mol. The van der Waals surface area contributed by atoms with E-state index in [1.54, 1.807) is 17.9 Å². The number of anilines is 1. The maximum Gasteiger partial charge on any atom is 0.219 e. The first-order chi connectivity index (χ1) is 8.75. The van der Waals surface area contributed by atoms with E-state index in [1.807, 2.05) is 6.07 Å². The van der Waals surface area contributed by atoms with Gasteiger partial charge in [0.2, 0.25) is 5.91 Å². The van der Waals surface area contributed by atoms with Gasteiger partial charge >= 0.3 is 0 Å². The molecule has 1 aromatic carbocycles. The van der Waals surface area contributed by atoms with Crippen LogP contribution in [0, 0.1) is 5.82 Å². The summed E-state index contributed by atoms with van der Waals surface area (Å²) in [4.78, 5) is 12.9. The second-order valence-corrected chi connectivity index (χ2v) is 6.24. The molecule has 0 bridgehead atoms. The molecule has 1 aromatic rings. The molecule has 0 saturated carbocycles. The van der Waals surface area contributed by atoms with E-state index in [9.17, 15) is 9.18 Å². The van der Waals surface area contributed by atoms with Gasteiger partial charge in [-0.05, 0) is 29.2 Å². The zero-order valence-electron chi connectivity index (χ0n) is 12.0. The first-order valence-electron chi connectivity index (χ1n) is 6.59. The molecule has 3 nitrogen and oxygen atoms in total. The molecule has 1 aliphatic rings. The van der Waals surface area contributed by atoms with Gasteiger partial charge in [0, 0.05) is 25.7 Å². The quantitative estimate of drug-likeness (QED) is 0.891. The predicted octanol–water partition coefficient (Wildman–Crippen LogP) is 2.77. The van der Waals surface area contributed by atoms with E-state index in [-0.39, 0.29) is 23.2 Å². The Morgan fingerprint density at radius 1 is 1.32 bits per heavy atom. The van der Waals surface area contributed by atoms with E-state index in [1.165, 1.54) is 6.07 Å². The molecule has 1 N–H and O–H groups in total. The number of halogens is 1. The summed E-state index contributed by atoms with van der Waals surface area (Å²) in [5.74, 6) is -0.134. The Labute approximate surface area is 113 Å². The van der Waals surface area contributed by atoms with Crippen molar-refractivity contribution in [1.82, 2.24) is 4.90 Å². The number of likely N-dealkylation sites (tertiary alicyclic amines) is 1. The molecule has 1 saturated heterocycles. The Morgan fingerprint density at radius 2 is 1.95 bits per heavy atom. The summed E-state index contributed by atoms with van der Waals surface area (Å²) in [7, 11) is 0.